The number of benzene rings is 2. The average molecular weight is 478 g/mol. The molecule has 1 saturated carbocycles. The van der Waals surface area contributed by atoms with Crippen LogP contribution in [-0.4, -0.2) is 59.9 Å². The molecule has 1 saturated heterocycles. The van der Waals surface area contributed by atoms with E-state index in [0.717, 1.165) is 36.8 Å². The van der Waals surface area contributed by atoms with E-state index in [1.165, 1.54) is 19.1 Å². The Kier molecular flexibility index (Phi) is 8.18. The predicted molar refractivity (Wildman–Crippen MR) is 136 cm³/mol. The van der Waals surface area contributed by atoms with Crippen LogP contribution >= 0.6 is 0 Å². The Balaban J connectivity index is 1.45. The van der Waals surface area contributed by atoms with E-state index in [2.05, 4.69) is 29.5 Å². The summed E-state index contributed by atoms with van der Waals surface area (Å²) in [5, 5.41) is 17.4. The molecule has 2 aromatic carbocycles. The molecule has 0 aromatic heterocycles. The second-order valence-electron chi connectivity index (χ2n) is 9.60. The third kappa shape index (κ3) is 5.90. The van der Waals surface area contributed by atoms with Gasteiger partial charge >= 0.3 is 0 Å². The highest BCUT2D eigenvalue weighted by molar-refractivity contribution is 6.05. The Morgan fingerprint density at radius 1 is 1.11 bits per heavy atom. The number of likely N-dealkylation sites (tertiary alicyclic amines) is 1. The molecule has 4 rings (SSSR count). The number of aryl methyl sites for hydroxylation is 1. The smallest absolute Gasteiger partial charge is 0.254 e. The first-order chi connectivity index (χ1) is 17.0. The van der Waals surface area contributed by atoms with Crippen molar-refractivity contribution in [3.8, 4) is 11.1 Å². The Morgan fingerprint density at radius 2 is 1.83 bits per heavy atom. The monoisotopic (exact) mass is 477 g/mol. The van der Waals surface area contributed by atoms with Crippen molar-refractivity contribution < 1.29 is 19.5 Å². The number of nitrogens with one attached hydrogen (secondary N) is 1. The quantitative estimate of drug-likeness (QED) is 0.591. The summed E-state index contributed by atoms with van der Waals surface area (Å²) in [6.07, 6.45) is 5.20. The molecule has 2 atom stereocenters. The third-order valence-corrected chi connectivity index (χ3v) is 7.21. The Hall–Kier alpha value is -3.19. The number of rotatable bonds is 7. The van der Waals surface area contributed by atoms with Crippen molar-refractivity contribution >= 4 is 17.5 Å². The zero-order chi connectivity index (χ0) is 24.8. The third-order valence-electron chi connectivity index (χ3n) is 7.21. The van der Waals surface area contributed by atoms with Crippen LogP contribution in [0.5, 0.6) is 0 Å². The van der Waals surface area contributed by atoms with Crippen molar-refractivity contribution in [3.63, 3.8) is 0 Å². The van der Waals surface area contributed by atoms with Crippen molar-refractivity contribution in [1.82, 2.24) is 10.2 Å². The summed E-state index contributed by atoms with van der Waals surface area (Å²) in [6.45, 7) is 2.49. The lowest BCUT2D eigenvalue weighted by Gasteiger charge is -2.28. The first-order valence-electron chi connectivity index (χ1n) is 12.5. The minimum Gasteiger partial charge on any atom is -0.399 e. The summed E-state index contributed by atoms with van der Waals surface area (Å²) >= 11 is 0. The molecular formula is C28H35N3O4. The molecule has 2 aliphatic rings. The fraction of sp³-hybridized carbons (Fsp3) is 0.464. The molecule has 0 unspecified atom stereocenters. The number of carbonyl (C=O) groups excluding carboxylic acids is 2. The van der Waals surface area contributed by atoms with E-state index >= 15 is 0 Å². The molecule has 2 amide bonds. The number of carbonyl (C=O) groups is 2. The zero-order valence-electron chi connectivity index (χ0n) is 20.6. The fourth-order valence-corrected chi connectivity index (χ4v) is 5.21. The Morgan fingerprint density at radius 3 is 2.51 bits per heavy atom. The van der Waals surface area contributed by atoms with Gasteiger partial charge in [-0.25, -0.2) is 0 Å². The molecule has 7 nitrogen and oxygen atoms in total. The summed E-state index contributed by atoms with van der Waals surface area (Å²) in [5.74, 6) is -0.274. The van der Waals surface area contributed by atoms with E-state index in [0.29, 0.717) is 17.7 Å². The SMILES string of the molecule is CO/N=C1/C[C@@H](C(=O)NC[C@@H](O)C2CCCCC2)N(C(=O)c2ccc(-c3ccccc3C)cc2)C1. The molecule has 7 heteroatoms. The molecule has 0 radical (unpaired) electrons. The van der Waals surface area contributed by atoms with E-state index in [4.69, 9.17) is 4.84 Å². The van der Waals surface area contributed by atoms with Gasteiger partial charge in [-0.2, -0.15) is 0 Å². The number of oxime groups is 1. The number of hydrogen-bond acceptors (Lipinski definition) is 5. The molecule has 1 heterocycles. The van der Waals surface area contributed by atoms with Gasteiger partial charge in [0.2, 0.25) is 5.91 Å². The lowest BCUT2D eigenvalue weighted by molar-refractivity contribution is -0.125. The van der Waals surface area contributed by atoms with E-state index < -0.39 is 12.1 Å². The van der Waals surface area contributed by atoms with E-state index in [-0.39, 0.29) is 30.8 Å². The maximum absolute atomic E-state index is 13.4. The topological polar surface area (TPSA) is 91.2 Å². The molecular weight excluding hydrogens is 442 g/mol. The van der Waals surface area contributed by atoms with Crippen LogP contribution in [0.4, 0.5) is 0 Å². The lowest BCUT2D eigenvalue weighted by atomic mass is 9.85. The highest BCUT2D eigenvalue weighted by Gasteiger charge is 2.38. The van der Waals surface area contributed by atoms with E-state index in [9.17, 15) is 14.7 Å². The van der Waals surface area contributed by atoms with E-state index in [1.54, 1.807) is 17.0 Å². The lowest BCUT2D eigenvalue weighted by Crippen LogP contribution is -2.48. The maximum Gasteiger partial charge on any atom is 0.254 e. The first kappa shape index (κ1) is 24.9. The highest BCUT2D eigenvalue weighted by atomic mass is 16.6. The number of hydrogen-bond donors (Lipinski definition) is 2. The standard InChI is InChI=1S/C28H35N3O4/c1-19-8-6-7-11-24(19)20-12-14-22(15-13-20)28(34)31-18-23(30-35-2)16-25(31)27(33)29-17-26(32)21-9-4-3-5-10-21/h6-8,11-15,21,25-26,32H,3-5,9-10,16-18H2,1-2H3,(H,29,33)/b30-23-/t25-,26+/m0/s1. The summed E-state index contributed by atoms with van der Waals surface area (Å²) in [4.78, 5) is 33.0. The fourth-order valence-electron chi connectivity index (χ4n) is 5.21. The second kappa shape index (κ2) is 11.5. The molecule has 1 aliphatic carbocycles. The van der Waals surface area contributed by atoms with Gasteiger partial charge in [-0.05, 0) is 54.5 Å². The molecule has 2 aromatic rings. The van der Waals surface area contributed by atoms with Gasteiger partial charge < -0.3 is 20.2 Å². The highest BCUT2D eigenvalue weighted by Crippen LogP contribution is 2.27. The van der Waals surface area contributed by atoms with Crippen molar-refractivity contribution in [3.05, 3.63) is 59.7 Å². The summed E-state index contributed by atoms with van der Waals surface area (Å²) in [7, 11) is 1.46. The molecule has 35 heavy (non-hydrogen) atoms. The van der Waals surface area contributed by atoms with Crippen molar-refractivity contribution in [1.29, 1.82) is 0 Å². The predicted octanol–water partition coefficient (Wildman–Crippen LogP) is 3.94. The van der Waals surface area contributed by atoms with Crippen LogP contribution in [0.15, 0.2) is 53.7 Å². The summed E-state index contributed by atoms with van der Waals surface area (Å²) in [6, 6.07) is 14.9. The minimum absolute atomic E-state index is 0.198. The summed E-state index contributed by atoms with van der Waals surface area (Å²) < 4.78 is 0. The molecule has 0 spiro atoms. The Bertz CT molecular complexity index is 1060. The first-order valence-corrected chi connectivity index (χ1v) is 12.5. The largest absolute Gasteiger partial charge is 0.399 e. The zero-order valence-corrected chi connectivity index (χ0v) is 20.6. The van der Waals surface area contributed by atoms with Gasteiger partial charge in [-0.15, -0.1) is 0 Å². The van der Waals surface area contributed by atoms with Crippen molar-refractivity contribution in [2.24, 2.45) is 11.1 Å². The second-order valence-corrected chi connectivity index (χ2v) is 9.60. The van der Waals surface area contributed by atoms with Crippen LogP contribution in [0.25, 0.3) is 11.1 Å². The molecule has 1 aliphatic heterocycles. The maximum atomic E-state index is 13.4. The van der Waals surface area contributed by atoms with Crippen LogP contribution in [-0.2, 0) is 9.63 Å². The van der Waals surface area contributed by atoms with Gasteiger partial charge in [0.05, 0.1) is 18.4 Å². The molecule has 0 bridgehead atoms. The number of nitrogens with zero attached hydrogens (tertiary/aromatic N) is 2. The van der Waals surface area contributed by atoms with Gasteiger partial charge in [0.25, 0.3) is 5.91 Å². The number of amides is 2. The van der Waals surface area contributed by atoms with Crippen LogP contribution in [0, 0.1) is 12.8 Å². The van der Waals surface area contributed by atoms with Crippen LogP contribution in [0.3, 0.4) is 0 Å². The minimum atomic E-state index is -0.689. The van der Waals surface area contributed by atoms with Crippen LogP contribution in [0.1, 0.15) is 54.4 Å². The van der Waals surface area contributed by atoms with Gasteiger partial charge in [0.15, 0.2) is 0 Å². The van der Waals surface area contributed by atoms with Crippen LogP contribution < -0.4 is 5.32 Å². The number of aliphatic hydroxyl groups is 1. The van der Waals surface area contributed by atoms with Crippen LogP contribution in [0.2, 0.25) is 0 Å². The van der Waals surface area contributed by atoms with Crippen molar-refractivity contribution in [2.45, 2.75) is 57.6 Å². The van der Waals surface area contributed by atoms with Gasteiger partial charge in [-0.1, -0.05) is 60.8 Å². The normalized spacial score (nSPS) is 20.6. The van der Waals surface area contributed by atoms with E-state index in [1.807, 2.05) is 24.3 Å². The molecule has 186 valence electrons. The average Bonchev–Trinajstić information content (AvgIpc) is 3.32. The summed E-state index contributed by atoms with van der Waals surface area (Å²) in [5.41, 5.74) is 4.48. The van der Waals surface area contributed by atoms with Gasteiger partial charge in [0, 0.05) is 18.5 Å². The van der Waals surface area contributed by atoms with Gasteiger partial charge in [0.1, 0.15) is 13.2 Å². The number of aliphatic hydroxyl groups excluding tert-OH is 1. The Labute approximate surface area is 207 Å². The molecule has 2 fully saturated rings. The van der Waals surface area contributed by atoms with Gasteiger partial charge in [-0.3, -0.25) is 9.59 Å². The molecule has 2 N–H and O–H groups in total. The van der Waals surface area contributed by atoms with Crippen molar-refractivity contribution in [2.75, 3.05) is 20.2 Å².